The van der Waals surface area contributed by atoms with Crippen LogP contribution < -0.4 is 10.1 Å². The van der Waals surface area contributed by atoms with E-state index in [0.717, 1.165) is 22.6 Å². The van der Waals surface area contributed by atoms with Gasteiger partial charge in [0.1, 0.15) is 28.0 Å². The number of anilines is 1. The van der Waals surface area contributed by atoms with Gasteiger partial charge in [0.05, 0.1) is 19.9 Å². The number of benzene rings is 1. The minimum absolute atomic E-state index is 0.129. The maximum Gasteiger partial charge on any atom is 0.170 e. The largest absolute Gasteiger partial charge is 0.497 e. The molecule has 0 radical (unpaired) electrons. The van der Waals surface area contributed by atoms with Gasteiger partial charge in [0, 0.05) is 5.56 Å². The molecule has 3 aromatic rings. The second-order valence-electron chi connectivity index (χ2n) is 5.33. The third-order valence-electron chi connectivity index (χ3n) is 3.67. The Morgan fingerprint density at radius 2 is 2.16 bits per heavy atom. The first-order chi connectivity index (χ1) is 12.1. The first-order valence-corrected chi connectivity index (χ1v) is 7.94. The van der Waals surface area contributed by atoms with Crippen molar-refractivity contribution < 1.29 is 13.9 Å². The van der Waals surface area contributed by atoms with Crippen molar-refractivity contribution in [2.75, 3.05) is 12.4 Å². The summed E-state index contributed by atoms with van der Waals surface area (Å²) in [6.45, 7) is 2.31. The monoisotopic (exact) mass is 357 g/mol. The lowest BCUT2D eigenvalue weighted by Gasteiger charge is -2.12. The minimum Gasteiger partial charge on any atom is -0.497 e. The summed E-state index contributed by atoms with van der Waals surface area (Å²) in [5, 5.41) is 3.26. The molecule has 0 atom stereocenters. The van der Waals surface area contributed by atoms with Crippen molar-refractivity contribution in [2.45, 2.75) is 13.5 Å². The number of hydrogen-bond donors (Lipinski definition) is 1. The predicted octanol–water partition coefficient (Wildman–Crippen LogP) is 4.13. The molecule has 0 spiro atoms. The highest BCUT2D eigenvalue weighted by Gasteiger charge is 2.15. The van der Waals surface area contributed by atoms with Crippen LogP contribution in [0.5, 0.6) is 5.75 Å². The third-order valence-corrected chi connectivity index (χ3v) is 4.05. The number of nitrogens with one attached hydrogen (secondary N) is 1. The Labute approximate surface area is 149 Å². The van der Waals surface area contributed by atoms with Crippen LogP contribution in [0.4, 0.5) is 5.82 Å². The Morgan fingerprint density at radius 1 is 1.32 bits per heavy atom. The molecular weight excluding hydrogens is 342 g/mol. The molecule has 0 saturated heterocycles. The van der Waals surface area contributed by atoms with Crippen molar-refractivity contribution in [1.82, 2.24) is 9.97 Å². The van der Waals surface area contributed by atoms with Gasteiger partial charge in [-0.2, -0.15) is 0 Å². The molecule has 1 N–H and O–H groups in total. The summed E-state index contributed by atoms with van der Waals surface area (Å²) in [5.41, 5.74) is 1.85. The molecule has 25 heavy (non-hydrogen) atoms. The van der Waals surface area contributed by atoms with Crippen LogP contribution in [0.1, 0.15) is 21.8 Å². The number of methoxy groups -OCH3 is 1. The molecule has 6 nitrogen and oxygen atoms in total. The SMILES string of the molecule is COc1ccc(-c2nc(C=O)c(Cl)c(NCc3ccco3)n2)c(C)c1. The van der Waals surface area contributed by atoms with Gasteiger partial charge in [0.25, 0.3) is 0 Å². The number of ether oxygens (including phenoxy) is 1. The lowest BCUT2D eigenvalue weighted by molar-refractivity contribution is 0.111. The van der Waals surface area contributed by atoms with Crippen molar-refractivity contribution in [3.8, 4) is 17.1 Å². The van der Waals surface area contributed by atoms with E-state index in [9.17, 15) is 4.79 Å². The molecule has 0 aliphatic rings. The van der Waals surface area contributed by atoms with Gasteiger partial charge < -0.3 is 14.5 Å². The highest BCUT2D eigenvalue weighted by molar-refractivity contribution is 6.35. The lowest BCUT2D eigenvalue weighted by Crippen LogP contribution is -2.06. The molecular formula is C18H16ClN3O3. The molecule has 3 rings (SSSR count). The van der Waals surface area contributed by atoms with E-state index in [1.165, 1.54) is 0 Å². The van der Waals surface area contributed by atoms with Gasteiger partial charge in [0.15, 0.2) is 12.1 Å². The van der Waals surface area contributed by atoms with E-state index in [2.05, 4.69) is 15.3 Å². The van der Waals surface area contributed by atoms with E-state index >= 15 is 0 Å². The lowest BCUT2D eigenvalue weighted by atomic mass is 10.1. The quantitative estimate of drug-likeness (QED) is 0.668. The number of rotatable bonds is 6. The highest BCUT2D eigenvalue weighted by atomic mass is 35.5. The summed E-state index contributed by atoms with van der Waals surface area (Å²) < 4.78 is 10.5. The molecule has 0 saturated carbocycles. The van der Waals surface area contributed by atoms with Crippen molar-refractivity contribution in [3.63, 3.8) is 0 Å². The number of aromatic nitrogens is 2. The molecule has 2 aromatic heterocycles. The van der Waals surface area contributed by atoms with Crippen LogP contribution in [0, 0.1) is 6.92 Å². The van der Waals surface area contributed by atoms with Gasteiger partial charge in [0.2, 0.25) is 0 Å². The third kappa shape index (κ3) is 3.64. The van der Waals surface area contributed by atoms with E-state index in [-0.39, 0.29) is 10.7 Å². The number of halogens is 1. The molecule has 128 valence electrons. The molecule has 0 aliphatic heterocycles. The van der Waals surface area contributed by atoms with Crippen molar-refractivity contribution in [1.29, 1.82) is 0 Å². The number of hydrogen-bond acceptors (Lipinski definition) is 6. The van der Waals surface area contributed by atoms with Crippen molar-refractivity contribution >= 4 is 23.7 Å². The number of aldehydes is 1. The Hall–Kier alpha value is -2.86. The van der Waals surface area contributed by atoms with Gasteiger partial charge in [-0.05, 0) is 42.8 Å². The van der Waals surface area contributed by atoms with Crippen LogP contribution in [0.15, 0.2) is 41.0 Å². The summed E-state index contributed by atoms with van der Waals surface area (Å²) in [6.07, 6.45) is 2.20. The Bertz CT molecular complexity index is 895. The average Bonchev–Trinajstić information content (AvgIpc) is 3.14. The summed E-state index contributed by atoms with van der Waals surface area (Å²) in [5.74, 6) is 2.25. The number of aryl methyl sites for hydroxylation is 1. The van der Waals surface area contributed by atoms with E-state index < -0.39 is 0 Å². The van der Waals surface area contributed by atoms with Gasteiger partial charge in [-0.3, -0.25) is 4.79 Å². The average molecular weight is 358 g/mol. The second kappa shape index (κ2) is 7.36. The van der Waals surface area contributed by atoms with Crippen LogP contribution in [-0.4, -0.2) is 23.4 Å². The first kappa shape index (κ1) is 17.0. The van der Waals surface area contributed by atoms with E-state index in [1.807, 2.05) is 31.2 Å². The fraction of sp³-hybridized carbons (Fsp3) is 0.167. The van der Waals surface area contributed by atoms with Gasteiger partial charge >= 0.3 is 0 Å². The molecule has 0 aliphatic carbocycles. The Kier molecular flexibility index (Phi) is 5.00. The van der Waals surface area contributed by atoms with E-state index in [4.69, 9.17) is 20.8 Å². The van der Waals surface area contributed by atoms with E-state index in [0.29, 0.717) is 24.5 Å². The van der Waals surface area contributed by atoms with Gasteiger partial charge in [-0.1, -0.05) is 11.6 Å². The van der Waals surface area contributed by atoms with Crippen LogP contribution >= 0.6 is 11.6 Å². The molecule has 0 amide bonds. The van der Waals surface area contributed by atoms with Crippen LogP contribution in [0.3, 0.4) is 0 Å². The zero-order valence-electron chi connectivity index (χ0n) is 13.7. The molecule has 2 heterocycles. The first-order valence-electron chi connectivity index (χ1n) is 7.56. The van der Waals surface area contributed by atoms with Crippen LogP contribution in [0.25, 0.3) is 11.4 Å². The summed E-state index contributed by atoms with van der Waals surface area (Å²) in [6, 6.07) is 9.17. The molecule has 7 heteroatoms. The van der Waals surface area contributed by atoms with Crippen molar-refractivity contribution in [3.05, 3.63) is 58.6 Å². The van der Waals surface area contributed by atoms with Crippen LogP contribution in [0.2, 0.25) is 5.02 Å². The zero-order valence-corrected chi connectivity index (χ0v) is 14.5. The number of carbonyl (C=O) groups excluding carboxylic acids is 1. The Morgan fingerprint density at radius 3 is 2.80 bits per heavy atom. The van der Waals surface area contributed by atoms with Crippen molar-refractivity contribution in [2.24, 2.45) is 0 Å². The predicted molar refractivity (Wildman–Crippen MR) is 95.2 cm³/mol. The normalized spacial score (nSPS) is 10.5. The number of furan rings is 1. The number of carbonyl (C=O) groups is 1. The highest BCUT2D eigenvalue weighted by Crippen LogP contribution is 2.29. The molecule has 0 unspecified atom stereocenters. The topological polar surface area (TPSA) is 77.2 Å². The summed E-state index contributed by atoms with van der Waals surface area (Å²) in [4.78, 5) is 20.1. The van der Waals surface area contributed by atoms with Gasteiger partial charge in [-0.25, -0.2) is 9.97 Å². The molecule has 1 aromatic carbocycles. The number of nitrogens with zero attached hydrogens (tertiary/aromatic N) is 2. The standard InChI is InChI=1S/C18H16ClN3O3/c1-11-8-12(24-2)5-6-14(11)17-21-15(10-23)16(19)18(22-17)20-9-13-4-3-7-25-13/h3-8,10H,9H2,1-2H3,(H,20,21,22). The maximum absolute atomic E-state index is 11.3. The Balaban J connectivity index is 1.99. The fourth-order valence-corrected chi connectivity index (χ4v) is 2.57. The van der Waals surface area contributed by atoms with E-state index in [1.54, 1.807) is 19.4 Å². The zero-order chi connectivity index (χ0) is 17.8. The molecule has 0 fully saturated rings. The fourth-order valence-electron chi connectivity index (χ4n) is 2.38. The minimum atomic E-state index is 0.129. The second-order valence-corrected chi connectivity index (χ2v) is 5.70. The summed E-state index contributed by atoms with van der Waals surface area (Å²) >= 11 is 6.23. The maximum atomic E-state index is 11.3. The van der Waals surface area contributed by atoms with Crippen LogP contribution in [-0.2, 0) is 6.54 Å². The smallest absolute Gasteiger partial charge is 0.170 e. The summed E-state index contributed by atoms with van der Waals surface area (Å²) in [7, 11) is 1.61. The molecule has 0 bridgehead atoms. The van der Waals surface area contributed by atoms with Gasteiger partial charge in [-0.15, -0.1) is 0 Å².